The van der Waals surface area contributed by atoms with Crippen molar-refractivity contribution >= 4 is 23.5 Å². The topological polar surface area (TPSA) is 34.0 Å². The average Bonchev–Trinajstić information content (AvgIpc) is 3.09. The van der Waals surface area contributed by atoms with Crippen molar-refractivity contribution in [3.63, 3.8) is 0 Å². The van der Waals surface area contributed by atoms with Crippen molar-refractivity contribution in [3.05, 3.63) is 52.2 Å². The summed E-state index contributed by atoms with van der Waals surface area (Å²) in [5.41, 5.74) is 1.31. The monoisotopic (exact) mass is 302 g/mol. The lowest BCUT2D eigenvalue weighted by atomic mass is 10.2. The van der Waals surface area contributed by atoms with Crippen molar-refractivity contribution in [2.24, 2.45) is 0 Å². The van der Waals surface area contributed by atoms with Gasteiger partial charge in [-0.05, 0) is 17.3 Å². The second kappa shape index (κ2) is 4.56. The van der Waals surface area contributed by atoms with Crippen LogP contribution < -0.4 is 5.01 Å². The van der Waals surface area contributed by atoms with E-state index in [-0.39, 0.29) is 5.37 Å². The Labute approximate surface area is 126 Å². The molecule has 0 radical (unpaired) electrons. The molecule has 4 nitrogen and oxygen atoms in total. The molecule has 0 fully saturated rings. The highest BCUT2D eigenvalue weighted by molar-refractivity contribution is 8.07. The van der Waals surface area contributed by atoms with Gasteiger partial charge in [0.05, 0.1) is 0 Å². The number of aromatic nitrogens is 3. The van der Waals surface area contributed by atoms with E-state index in [1.165, 1.54) is 10.6 Å². The molecule has 0 unspecified atom stereocenters. The molecule has 3 heterocycles. The fourth-order valence-corrected chi connectivity index (χ4v) is 4.69. The third-order valence-electron chi connectivity index (χ3n) is 3.39. The standard InChI is InChI=1S/C14H14N4S2/c1-9(2)12-15-16-14-18(12)17-11(20-14)8-19-13(17)10-6-4-3-5-7-10/h3-9,13H,1-2H3/t13-/m1/s1. The molecular weight excluding hydrogens is 288 g/mol. The third-order valence-corrected chi connectivity index (χ3v) is 5.58. The van der Waals surface area contributed by atoms with Crippen LogP contribution in [0.25, 0.3) is 0 Å². The molecule has 0 spiro atoms. The van der Waals surface area contributed by atoms with E-state index in [9.17, 15) is 0 Å². The lowest BCUT2D eigenvalue weighted by Gasteiger charge is -2.26. The van der Waals surface area contributed by atoms with Crippen molar-refractivity contribution in [2.75, 3.05) is 5.01 Å². The fraction of sp³-hybridized carbons (Fsp3) is 0.286. The number of rotatable bonds is 2. The molecule has 0 aliphatic carbocycles. The van der Waals surface area contributed by atoms with E-state index in [2.05, 4.69) is 69.5 Å². The van der Waals surface area contributed by atoms with Gasteiger partial charge in [0, 0.05) is 11.3 Å². The summed E-state index contributed by atoms with van der Waals surface area (Å²) in [6, 6.07) is 10.6. The lowest BCUT2D eigenvalue weighted by Crippen LogP contribution is -2.31. The van der Waals surface area contributed by atoms with Crippen LogP contribution in [0.5, 0.6) is 0 Å². The number of fused-ring (bicyclic) bond motifs is 3. The van der Waals surface area contributed by atoms with E-state index >= 15 is 0 Å². The number of benzene rings is 1. The second-order valence-corrected chi connectivity index (χ2v) is 7.05. The Hall–Kier alpha value is -1.40. The average molecular weight is 302 g/mol. The molecule has 0 bridgehead atoms. The predicted molar refractivity (Wildman–Crippen MR) is 83.0 cm³/mol. The van der Waals surface area contributed by atoms with Crippen LogP contribution in [-0.4, -0.2) is 14.9 Å². The highest BCUT2D eigenvalue weighted by Gasteiger charge is 2.39. The normalized spacial score (nSPS) is 20.2. The Morgan fingerprint density at radius 1 is 1.15 bits per heavy atom. The van der Waals surface area contributed by atoms with Crippen molar-refractivity contribution in [2.45, 2.75) is 30.3 Å². The maximum Gasteiger partial charge on any atom is 0.216 e. The summed E-state index contributed by atoms with van der Waals surface area (Å²) in [5.74, 6) is 1.39. The number of hydrogen-bond donors (Lipinski definition) is 0. The van der Waals surface area contributed by atoms with E-state index in [1.807, 2.05) is 11.8 Å². The van der Waals surface area contributed by atoms with Gasteiger partial charge < -0.3 is 0 Å². The van der Waals surface area contributed by atoms with Gasteiger partial charge in [0.25, 0.3) is 0 Å². The number of hydrogen-bond acceptors (Lipinski definition) is 5. The zero-order valence-electron chi connectivity index (χ0n) is 11.2. The van der Waals surface area contributed by atoms with E-state index in [1.54, 1.807) is 11.8 Å². The van der Waals surface area contributed by atoms with Crippen molar-refractivity contribution < 1.29 is 0 Å². The third kappa shape index (κ3) is 1.71. The van der Waals surface area contributed by atoms with Crippen molar-refractivity contribution in [1.82, 2.24) is 14.9 Å². The highest BCUT2D eigenvalue weighted by atomic mass is 32.2. The molecule has 0 N–H and O–H groups in total. The molecule has 1 atom stereocenters. The van der Waals surface area contributed by atoms with E-state index in [0.29, 0.717) is 5.92 Å². The molecule has 2 aliphatic heterocycles. The molecule has 0 saturated heterocycles. The summed E-state index contributed by atoms with van der Waals surface area (Å²) in [7, 11) is 0. The SMILES string of the molecule is CC(C)c1nnc2n1N1C(=CS[C@@H]1c1ccccc1)S2. The minimum atomic E-state index is 0.272. The fourth-order valence-electron chi connectivity index (χ4n) is 2.46. The van der Waals surface area contributed by atoms with Crippen molar-refractivity contribution in [3.8, 4) is 0 Å². The van der Waals surface area contributed by atoms with Gasteiger partial charge in [-0.15, -0.1) is 10.2 Å². The van der Waals surface area contributed by atoms with Gasteiger partial charge in [0.2, 0.25) is 5.16 Å². The van der Waals surface area contributed by atoms with Crippen LogP contribution in [0, 0.1) is 0 Å². The van der Waals surface area contributed by atoms with Gasteiger partial charge in [0.15, 0.2) is 5.82 Å². The molecule has 6 heteroatoms. The number of nitrogens with zero attached hydrogens (tertiary/aromatic N) is 4. The highest BCUT2D eigenvalue weighted by Crippen LogP contribution is 2.51. The molecule has 102 valence electrons. The molecule has 4 rings (SSSR count). The van der Waals surface area contributed by atoms with Crippen LogP contribution in [0.4, 0.5) is 0 Å². The van der Waals surface area contributed by atoms with Gasteiger partial charge in [-0.25, -0.2) is 4.68 Å². The number of thioether (sulfide) groups is 2. The summed E-state index contributed by atoms with van der Waals surface area (Å²) < 4.78 is 2.18. The van der Waals surface area contributed by atoms with E-state index < -0.39 is 0 Å². The first-order valence-electron chi connectivity index (χ1n) is 6.59. The Kier molecular flexibility index (Phi) is 2.82. The Morgan fingerprint density at radius 2 is 1.95 bits per heavy atom. The molecule has 1 aromatic carbocycles. The van der Waals surface area contributed by atoms with Gasteiger partial charge in [-0.2, -0.15) is 0 Å². The molecule has 2 aliphatic rings. The minimum Gasteiger partial charge on any atom is -0.252 e. The Balaban J connectivity index is 1.79. The van der Waals surface area contributed by atoms with Crippen molar-refractivity contribution in [1.29, 1.82) is 0 Å². The summed E-state index contributed by atoms with van der Waals surface area (Å²) in [5, 5.41) is 15.7. The predicted octanol–water partition coefficient (Wildman–Crippen LogP) is 3.69. The Bertz CT molecular complexity index is 678. The summed E-state index contributed by atoms with van der Waals surface area (Å²) in [6.07, 6.45) is 0. The first-order valence-corrected chi connectivity index (χ1v) is 8.35. The second-order valence-electron chi connectivity index (χ2n) is 5.11. The summed E-state index contributed by atoms with van der Waals surface area (Å²) >= 11 is 3.54. The zero-order chi connectivity index (χ0) is 13.7. The summed E-state index contributed by atoms with van der Waals surface area (Å²) in [6.45, 7) is 4.31. The molecular formula is C14H14N4S2. The van der Waals surface area contributed by atoms with Crippen LogP contribution in [0.15, 0.2) is 45.9 Å². The molecule has 0 saturated carbocycles. The smallest absolute Gasteiger partial charge is 0.216 e. The first-order chi connectivity index (χ1) is 9.75. The molecule has 0 amide bonds. The largest absolute Gasteiger partial charge is 0.252 e. The maximum atomic E-state index is 4.34. The van der Waals surface area contributed by atoms with Crippen LogP contribution in [0.3, 0.4) is 0 Å². The van der Waals surface area contributed by atoms with Crippen LogP contribution >= 0.6 is 23.5 Å². The van der Waals surface area contributed by atoms with E-state index in [4.69, 9.17) is 0 Å². The molecule has 2 aromatic rings. The van der Waals surface area contributed by atoms with Gasteiger partial charge in [-0.1, -0.05) is 55.9 Å². The Morgan fingerprint density at radius 3 is 2.70 bits per heavy atom. The minimum absolute atomic E-state index is 0.272. The van der Waals surface area contributed by atoms with Gasteiger partial charge in [-0.3, -0.25) is 5.01 Å². The van der Waals surface area contributed by atoms with Crippen LogP contribution in [0.1, 0.15) is 36.5 Å². The quantitative estimate of drug-likeness (QED) is 0.845. The van der Waals surface area contributed by atoms with E-state index in [0.717, 1.165) is 11.0 Å². The molecule has 20 heavy (non-hydrogen) atoms. The van der Waals surface area contributed by atoms with Crippen LogP contribution in [0.2, 0.25) is 0 Å². The maximum absolute atomic E-state index is 4.34. The summed E-state index contributed by atoms with van der Waals surface area (Å²) in [4.78, 5) is 0. The van der Waals surface area contributed by atoms with Gasteiger partial charge >= 0.3 is 0 Å². The van der Waals surface area contributed by atoms with Gasteiger partial charge in [0.1, 0.15) is 10.4 Å². The first kappa shape index (κ1) is 12.3. The molecule has 1 aromatic heterocycles. The zero-order valence-corrected chi connectivity index (χ0v) is 12.9. The van der Waals surface area contributed by atoms with Crippen LogP contribution in [-0.2, 0) is 0 Å². The lowest BCUT2D eigenvalue weighted by molar-refractivity contribution is 0.582.